The molecule has 182 valence electrons. The van der Waals surface area contributed by atoms with Gasteiger partial charge in [-0.1, -0.05) is 36.0 Å². The Morgan fingerprint density at radius 2 is 1.94 bits per heavy atom. The van der Waals surface area contributed by atoms with Gasteiger partial charge in [-0.25, -0.2) is 4.98 Å². The topological polar surface area (TPSA) is 134 Å². The number of amides is 1. The van der Waals surface area contributed by atoms with Gasteiger partial charge in [-0.15, -0.1) is 23.1 Å². The van der Waals surface area contributed by atoms with Crippen LogP contribution in [0.4, 0.5) is 11.4 Å². The second-order valence-corrected chi connectivity index (χ2v) is 11.3. The molecule has 0 unspecified atom stereocenters. The number of nitrogens with zero attached hydrogens (tertiary/aromatic N) is 2. The number of carbonyl (C=O) groups excluding carboxylic acids is 1. The molecule has 3 aromatic carbocycles. The van der Waals surface area contributed by atoms with E-state index in [1.807, 2.05) is 12.1 Å². The quantitative estimate of drug-likeness (QED) is 0.209. The van der Waals surface area contributed by atoms with Gasteiger partial charge in [0.2, 0.25) is 0 Å². The van der Waals surface area contributed by atoms with E-state index in [4.69, 9.17) is 0 Å². The summed E-state index contributed by atoms with van der Waals surface area (Å²) in [6.45, 7) is 0. The molecule has 0 spiro atoms. The maximum atomic E-state index is 12.4. The minimum atomic E-state index is -0.940. The van der Waals surface area contributed by atoms with Gasteiger partial charge in [-0.2, -0.15) is 0 Å². The van der Waals surface area contributed by atoms with Crippen molar-refractivity contribution in [2.24, 2.45) is 0 Å². The largest absolute Gasteiger partial charge is 0.480 e. The standard InChI is InChI=1S/C24H18N4O5S3/c29-21(13-4-2-1-3-5-13)25-15-7-8-16-20(11-15)36-24(27-16)35-19-9-6-14(10-18(19)28(32)33)22-26-17(12-34-22)23(30)31/h1-11,17,22,26H,12H2,(H,25,29)(H,30,31)/t17-,22+/m1/s1. The zero-order valence-electron chi connectivity index (χ0n) is 18.4. The van der Waals surface area contributed by atoms with E-state index in [0.29, 0.717) is 31.8 Å². The third-order valence-corrected chi connectivity index (χ3v) is 8.83. The normalized spacial score (nSPS) is 17.2. The van der Waals surface area contributed by atoms with Gasteiger partial charge in [0.1, 0.15) is 6.04 Å². The molecule has 36 heavy (non-hydrogen) atoms. The highest BCUT2D eigenvalue weighted by molar-refractivity contribution is 8.01. The summed E-state index contributed by atoms with van der Waals surface area (Å²) in [5.41, 5.74) is 2.51. The van der Waals surface area contributed by atoms with Gasteiger partial charge in [0.25, 0.3) is 11.6 Å². The van der Waals surface area contributed by atoms with E-state index < -0.39 is 16.9 Å². The molecule has 2 heterocycles. The number of hydrogen-bond donors (Lipinski definition) is 3. The number of thioether (sulfide) groups is 1. The van der Waals surface area contributed by atoms with Crippen LogP contribution >= 0.6 is 34.9 Å². The van der Waals surface area contributed by atoms with Gasteiger partial charge in [-0.3, -0.25) is 25.0 Å². The second-order valence-electron chi connectivity index (χ2n) is 7.84. The van der Waals surface area contributed by atoms with Crippen molar-refractivity contribution < 1.29 is 19.6 Å². The van der Waals surface area contributed by atoms with Gasteiger partial charge >= 0.3 is 5.97 Å². The van der Waals surface area contributed by atoms with E-state index in [0.717, 1.165) is 10.2 Å². The molecular formula is C24H18N4O5S3. The predicted octanol–water partition coefficient (Wildman–Crippen LogP) is 5.40. The third-order valence-electron chi connectivity index (χ3n) is 5.42. The monoisotopic (exact) mass is 538 g/mol. The van der Waals surface area contributed by atoms with E-state index in [1.54, 1.807) is 48.5 Å². The fourth-order valence-electron chi connectivity index (χ4n) is 3.64. The SMILES string of the molecule is O=C(Nc1ccc2nc(Sc3ccc([C@H]4N[C@@H](C(=O)O)CS4)cc3[N+](=O)[O-])sc2c1)c1ccccc1. The summed E-state index contributed by atoms with van der Waals surface area (Å²) in [6, 6.07) is 18.6. The molecule has 1 aromatic heterocycles. The maximum absolute atomic E-state index is 12.4. The molecule has 1 aliphatic rings. The van der Waals surface area contributed by atoms with Crippen LogP contribution in [-0.4, -0.2) is 38.7 Å². The van der Waals surface area contributed by atoms with E-state index in [-0.39, 0.29) is 17.0 Å². The molecule has 0 radical (unpaired) electrons. The molecule has 0 saturated carbocycles. The molecular weight excluding hydrogens is 520 g/mol. The van der Waals surface area contributed by atoms with Crippen molar-refractivity contribution in [1.82, 2.24) is 10.3 Å². The molecule has 1 amide bonds. The summed E-state index contributed by atoms with van der Waals surface area (Å²) in [7, 11) is 0. The number of fused-ring (bicyclic) bond motifs is 1. The highest BCUT2D eigenvalue weighted by atomic mass is 32.2. The van der Waals surface area contributed by atoms with Crippen molar-refractivity contribution in [3.8, 4) is 0 Å². The first-order valence-corrected chi connectivity index (χ1v) is 13.4. The second kappa shape index (κ2) is 10.3. The molecule has 3 N–H and O–H groups in total. The van der Waals surface area contributed by atoms with Crippen LogP contribution < -0.4 is 10.6 Å². The number of aliphatic carboxylic acids is 1. The summed E-state index contributed by atoms with van der Waals surface area (Å²) >= 11 is 3.99. The molecule has 9 nitrogen and oxygen atoms in total. The van der Waals surface area contributed by atoms with Crippen LogP contribution in [0.15, 0.2) is 76.0 Å². The first-order chi connectivity index (χ1) is 17.4. The minimum Gasteiger partial charge on any atom is -0.480 e. The number of nitrogens with one attached hydrogen (secondary N) is 2. The van der Waals surface area contributed by atoms with E-state index in [1.165, 1.54) is 40.9 Å². The number of anilines is 1. The van der Waals surface area contributed by atoms with Crippen molar-refractivity contribution in [3.05, 3.63) is 88.0 Å². The lowest BCUT2D eigenvalue weighted by Crippen LogP contribution is -2.33. The average Bonchev–Trinajstić information content (AvgIpc) is 3.52. The Labute approximate surface area is 217 Å². The minimum absolute atomic E-state index is 0.0613. The fourth-order valence-corrected chi connectivity index (χ4v) is 7.02. The molecule has 1 aliphatic heterocycles. The highest BCUT2D eigenvalue weighted by Gasteiger charge is 2.31. The van der Waals surface area contributed by atoms with Crippen LogP contribution in [-0.2, 0) is 4.79 Å². The Bertz CT molecular complexity index is 1480. The lowest BCUT2D eigenvalue weighted by Gasteiger charge is -2.12. The lowest BCUT2D eigenvalue weighted by atomic mass is 10.2. The number of carboxylic acids is 1. The Hall–Kier alpha value is -3.45. The van der Waals surface area contributed by atoms with E-state index in [2.05, 4.69) is 15.6 Å². The number of benzene rings is 3. The smallest absolute Gasteiger partial charge is 0.321 e. The molecule has 1 saturated heterocycles. The molecule has 5 rings (SSSR count). The summed E-state index contributed by atoms with van der Waals surface area (Å²) in [6.07, 6.45) is 0. The number of nitro groups is 1. The Morgan fingerprint density at radius 1 is 1.14 bits per heavy atom. The Morgan fingerprint density at radius 3 is 2.67 bits per heavy atom. The maximum Gasteiger partial charge on any atom is 0.321 e. The predicted molar refractivity (Wildman–Crippen MR) is 141 cm³/mol. The number of hydrogen-bond acceptors (Lipinski definition) is 9. The number of nitro benzene ring substituents is 1. The molecule has 0 bridgehead atoms. The first-order valence-electron chi connectivity index (χ1n) is 10.7. The van der Waals surface area contributed by atoms with E-state index in [9.17, 15) is 24.8 Å². The molecule has 1 fully saturated rings. The number of carbonyl (C=O) groups is 2. The zero-order chi connectivity index (χ0) is 25.2. The van der Waals surface area contributed by atoms with Gasteiger partial charge in [0.05, 0.1) is 25.4 Å². The lowest BCUT2D eigenvalue weighted by molar-refractivity contribution is -0.387. The third kappa shape index (κ3) is 5.21. The van der Waals surface area contributed by atoms with Crippen LogP contribution in [0.2, 0.25) is 0 Å². The zero-order valence-corrected chi connectivity index (χ0v) is 20.9. The van der Waals surface area contributed by atoms with Crippen LogP contribution in [0, 0.1) is 10.1 Å². The number of aromatic nitrogens is 1. The summed E-state index contributed by atoms with van der Waals surface area (Å²) in [5.74, 6) is -0.760. The molecule has 12 heteroatoms. The Kier molecular flexibility index (Phi) is 6.92. The van der Waals surface area contributed by atoms with Crippen LogP contribution in [0.25, 0.3) is 10.2 Å². The van der Waals surface area contributed by atoms with Crippen LogP contribution in [0.3, 0.4) is 0 Å². The van der Waals surface area contributed by atoms with Crippen LogP contribution in [0.1, 0.15) is 21.3 Å². The van der Waals surface area contributed by atoms with Crippen molar-refractivity contribution in [2.75, 3.05) is 11.1 Å². The fraction of sp³-hybridized carbons (Fsp3) is 0.125. The molecule has 0 aliphatic carbocycles. The van der Waals surface area contributed by atoms with Gasteiger partial charge < -0.3 is 10.4 Å². The number of rotatable bonds is 7. The van der Waals surface area contributed by atoms with Gasteiger partial charge in [-0.05, 0) is 42.0 Å². The Balaban J connectivity index is 1.35. The highest BCUT2D eigenvalue weighted by Crippen LogP contribution is 2.42. The summed E-state index contributed by atoms with van der Waals surface area (Å²) in [4.78, 5) is 40.0. The number of thiazole rings is 1. The summed E-state index contributed by atoms with van der Waals surface area (Å²) in [5, 5.41) is 26.5. The molecule has 4 aromatic rings. The van der Waals surface area contributed by atoms with Crippen molar-refractivity contribution >= 4 is 68.3 Å². The average molecular weight is 539 g/mol. The number of carboxylic acid groups (broad SMARTS) is 1. The van der Waals surface area contributed by atoms with Gasteiger partial charge in [0, 0.05) is 23.1 Å². The van der Waals surface area contributed by atoms with Crippen molar-refractivity contribution in [3.63, 3.8) is 0 Å². The molecule has 2 atom stereocenters. The van der Waals surface area contributed by atoms with Crippen LogP contribution in [0.5, 0.6) is 0 Å². The van der Waals surface area contributed by atoms with Crippen molar-refractivity contribution in [1.29, 1.82) is 0 Å². The summed E-state index contributed by atoms with van der Waals surface area (Å²) < 4.78 is 1.47. The van der Waals surface area contributed by atoms with Crippen molar-refractivity contribution in [2.45, 2.75) is 20.7 Å². The first kappa shape index (κ1) is 24.3. The van der Waals surface area contributed by atoms with Gasteiger partial charge in [0.15, 0.2) is 4.34 Å². The van der Waals surface area contributed by atoms with E-state index >= 15 is 0 Å².